The van der Waals surface area contributed by atoms with Crippen LogP contribution in [0.15, 0.2) is 24.3 Å². The highest BCUT2D eigenvalue weighted by molar-refractivity contribution is 5.94. The van der Waals surface area contributed by atoms with Crippen LogP contribution in [0.3, 0.4) is 0 Å². The van der Waals surface area contributed by atoms with Gasteiger partial charge in [0.15, 0.2) is 0 Å². The molecule has 0 heterocycles. The summed E-state index contributed by atoms with van der Waals surface area (Å²) in [6.45, 7) is -0.0747. The van der Waals surface area contributed by atoms with Gasteiger partial charge in [0.2, 0.25) is 11.8 Å². The van der Waals surface area contributed by atoms with Crippen molar-refractivity contribution in [3.63, 3.8) is 0 Å². The summed E-state index contributed by atoms with van der Waals surface area (Å²) in [5, 5.41) is 14.1. The quantitative estimate of drug-likeness (QED) is 0.714. The second-order valence-corrected chi connectivity index (χ2v) is 6.30. The Bertz CT molecular complexity index is 594. The van der Waals surface area contributed by atoms with Crippen molar-refractivity contribution < 1.29 is 19.5 Å². The molecule has 6 nitrogen and oxygen atoms in total. The summed E-state index contributed by atoms with van der Waals surface area (Å²) < 4.78 is 0. The molecular weight excluding hydrogens is 308 g/mol. The Morgan fingerprint density at radius 3 is 2.54 bits per heavy atom. The number of amides is 2. The van der Waals surface area contributed by atoms with Gasteiger partial charge < -0.3 is 15.7 Å². The smallest absolute Gasteiger partial charge is 0.307 e. The largest absolute Gasteiger partial charge is 0.481 e. The van der Waals surface area contributed by atoms with E-state index in [0.717, 1.165) is 12.8 Å². The van der Waals surface area contributed by atoms with Gasteiger partial charge in [0, 0.05) is 12.1 Å². The van der Waals surface area contributed by atoms with Crippen LogP contribution in [0.2, 0.25) is 0 Å². The monoisotopic (exact) mass is 332 g/mol. The molecule has 0 bridgehead atoms. The van der Waals surface area contributed by atoms with Crippen LogP contribution < -0.4 is 10.6 Å². The van der Waals surface area contributed by atoms with Crippen LogP contribution in [0.4, 0.5) is 5.69 Å². The molecule has 2 rings (SSSR count). The van der Waals surface area contributed by atoms with Gasteiger partial charge in [-0.05, 0) is 36.5 Å². The van der Waals surface area contributed by atoms with Crippen molar-refractivity contribution in [2.75, 3.05) is 11.9 Å². The van der Waals surface area contributed by atoms with Crippen molar-refractivity contribution in [1.29, 1.82) is 0 Å². The zero-order chi connectivity index (χ0) is 17.4. The highest BCUT2D eigenvalue weighted by atomic mass is 16.4. The Morgan fingerprint density at radius 1 is 1.08 bits per heavy atom. The molecular formula is C18H24N2O4. The second-order valence-electron chi connectivity index (χ2n) is 6.30. The molecule has 0 radical (unpaired) electrons. The Morgan fingerprint density at radius 2 is 1.83 bits per heavy atom. The van der Waals surface area contributed by atoms with Crippen molar-refractivity contribution in [2.45, 2.75) is 44.9 Å². The van der Waals surface area contributed by atoms with Gasteiger partial charge in [-0.15, -0.1) is 0 Å². The summed E-state index contributed by atoms with van der Waals surface area (Å²) in [6.07, 6.45) is 6.20. The lowest BCUT2D eigenvalue weighted by molar-refractivity contribution is -0.136. The fourth-order valence-corrected chi connectivity index (χ4v) is 3.04. The van der Waals surface area contributed by atoms with Crippen LogP contribution in [0.5, 0.6) is 0 Å². The van der Waals surface area contributed by atoms with E-state index >= 15 is 0 Å². The molecule has 3 N–H and O–H groups in total. The van der Waals surface area contributed by atoms with E-state index in [9.17, 15) is 14.4 Å². The topological polar surface area (TPSA) is 95.5 Å². The van der Waals surface area contributed by atoms with Crippen LogP contribution in [0.1, 0.15) is 44.1 Å². The maximum Gasteiger partial charge on any atom is 0.307 e. The second kappa shape index (κ2) is 9.05. The molecule has 130 valence electrons. The molecule has 0 spiro atoms. The van der Waals surface area contributed by atoms with Crippen LogP contribution >= 0.6 is 0 Å². The summed E-state index contributed by atoms with van der Waals surface area (Å²) >= 11 is 0. The molecule has 1 fully saturated rings. The summed E-state index contributed by atoms with van der Waals surface area (Å²) in [7, 11) is 0. The minimum Gasteiger partial charge on any atom is -0.481 e. The number of hydrogen-bond donors (Lipinski definition) is 3. The van der Waals surface area contributed by atoms with E-state index in [0.29, 0.717) is 23.6 Å². The van der Waals surface area contributed by atoms with E-state index < -0.39 is 5.97 Å². The van der Waals surface area contributed by atoms with E-state index in [-0.39, 0.29) is 24.8 Å². The van der Waals surface area contributed by atoms with Gasteiger partial charge >= 0.3 is 5.97 Å². The van der Waals surface area contributed by atoms with Crippen LogP contribution in [0, 0.1) is 5.92 Å². The van der Waals surface area contributed by atoms with Crippen molar-refractivity contribution in [3.8, 4) is 0 Å². The minimum atomic E-state index is -0.923. The fourth-order valence-electron chi connectivity index (χ4n) is 3.04. The molecule has 6 heteroatoms. The van der Waals surface area contributed by atoms with E-state index in [1.54, 1.807) is 24.3 Å². The zero-order valence-electron chi connectivity index (χ0n) is 13.7. The molecule has 1 aromatic carbocycles. The molecule has 24 heavy (non-hydrogen) atoms. The van der Waals surface area contributed by atoms with Crippen molar-refractivity contribution in [2.24, 2.45) is 5.92 Å². The zero-order valence-corrected chi connectivity index (χ0v) is 13.7. The maximum atomic E-state index is 11.9. The number of nitrogens with one attached hydrogen (secondary N) is 2. The maximum absolute atomic E-state index is 11.9. The lowest BCUT2D eigenvalue weighted by Crippen LogP contribution is -2.34. The van der Waals surface area contributed by atoms with Crippen molar-refractivity contribution >= 4 is 23.5 Å². The predicted octanol–water partition coefficient (Wildman–Crippen LogP) is 2.34. The molecule has 2 amide bonds. The van der Waals surface area contributed by atoms with Gasteiger partial charge in [-0.1, -0.05) is 31.4 Å². The highest BCUT2D eigenvalue weighted by Gasteiger charge is 2.17. The number of carbonyl (C=O) groups is 3. The third-order valence-corrected chi connectivity index (χ3v) is 4.21. The number of aliphatic carboxylic acids is 1. The SMILES string of the molecule is O=C(O)Cc1cccc(NC(=O)CNC(=O)CC2CCCCC2)c1. The Balaban J connectivity index is 1.74. The highest BCUT2D eigenvalue weighted by Crippen LogP contribution is 2.25. The summed E-state index contributed by atoms with van der Waals surface area (Å²) in [6, 6.07) is 6.69. The lowest BCUT2D eigenvalue weighted by Gasteiger charge is -2.20. The average Bonchev–Trinajstić information content (AvgIpc) is 2.53. The summed E-state index contributed by atoms with van der Waals surface area (Å²) in [5.41, 5.74) is 1.14. The standard InChI is InChI=1S/C18H24N2O4/c21-16(10-13-5-2-1-3-6-13)19-12-17(22)20-15-8-4-7-14(9-15)11-18(23)24/h4,7-9,13H,1-3,5-6,10-12H2,(H,19,21)(H,20,22)(H,23,24). The van der Waals surface area contributed by atoms with Crippen LogP contribution in [-0.2, 0) is 20.8 Å². The number of carbonyl (C=O) groups excluding carboxylic acids is 2. The Labute approximate surface area is 141 Å². The number of carboxylic acid groups (broad SMARTS) is 1. The first kappa shape index (κ1) is 18.0. The molecule has 1 saturated carbocycles. The van der Waals surface area contributed by atoms with E-state index in [2.05, 4.69) is 10.6 Å². The average molecular weight is 332 g/mol. The molecule has 0 aromatic heterocycles. The lowest BCUT2D eigenvalue weighted by atomic mass is 9.87. The van der Waals surface area contributed by atoms with Gasteiger partial charge in [-0.25, -0.2) is 0 Å². The van der Waals surface area contributed by atoms with E-state index in [4.69, 9.17) is 5.11 Å². The number of carboxylic acids is 1. The first-order valence-corrected chi connectivity index (χ1v) is 8.40. The van der Waals surface area contributed by atoms with Gasteiger partial charge in [0.1, 0.15) is 0 Å². The molecule has 0 saturated heterocycles. The first-order chi connectivity index (χ1) is 11.5. The normalized spacial score (nSPS) is 14.8. The number of hydrogen-bond acceptors (Lipinski definition) is 3. The van der Waals surface area contributed by atoms with Crippen molar-refractivity contribution in [3.05, 3.63) is 29.8 Å². The van der Waals surface area contributed by atoms with Crippen LogP contribution in [0.25, 0.3) is 0 Å². The molecule has 1 aliphatic rings. The van der Waals surface area contributed by atoms with Gasteiger partial charge in [0.25, 0.3) is 0 Å². The van der Waals surface area contributed by atoms with Crippen LogP contribution in [-0.4, -0.2) is 29.4 Å². The summed E-state index contributed by atoms with van der Waals surface area (Å²) in [5.74, 6) is -0.890. The molecule has 0 unspecified atom stereocenters. The Kier molecular flexibility index (Phi) is 6.78. The number of benzene rings is 1. The van der Waals surface area contributed by atoms with Gasteiger partial charge in [0.05, 0.1) is 13.0 Å². The first-order valence-electron chi connectivity index (χ1n) is 8.40. The minimum absolute atomic E-state index is 0.0747. The summed E-state index contributed by atoms with van der Waals surface area (Å²) in [4.78, 5) is 34.5. The molecule has 0 aliphatic heterocycles. The van der Waals surface area contributed by atoms with Gasteiger partial charge in [-0.3, -0.25) is 14.4 Å². The van der Waals surface area contributed by atoms with E-state index in [1.165, 1.54) is 19.3 Å². The van der Waals surface area contributed by atoms with E-state index in [1.807, 2.05) is 0 Å². The van der Waals surface area contributed by atoms with Gasteiger partial charge in [-0.2, -0.15) is 0 Å². The number of anilines is 1. The predicted molar refractivity (Wildman–Crippen MR) is 90.6 cm³/mol. The molecule has 0 atom stereocenters. The third kappa shape index (κ3) is 6.40. The Hall–Kier alpha value is -2.37. The number of rotatable bonds is 7. The fraction of sp³-hybridized carbons (Fsp3) is 0.500. The third-order valence-electron chi connectivity index (χ3n) is 4.21. The molecule has 1 aromatic rings. The molecule has 1 aliphatic carbocycles. The van der Waals surface area contributed by atoms with Crippen molar-refractivity contribution in [1.82, 2.24) is 5.32 Å².